The number of carbonyl (C=O) groups is 1. The zero-order chi connectivity index (χ0) is 18.5. The highest BCUT2D eigenvalue weighted by atomic mass is 32.1. The molecule has 3 aromatic rings. The number of methoxy groups -OCH3 is 1. The molecular formula is C17H13F2NO5S. The van der Waals surface area contributed by atoms with E-state index in [1.54, 1.807) is 17.5 Å². The lowest BCUT2D eigenvalue weighted by molar-refractivity contribution is -0.0512. The van der Waals surface area contributed by atoms with Crippen molar-refractivity contribution in [2.24, 2.45) is 0 Å². The first-order chi connectivity index (χ1) is 12.6. The summed E-state index contributed by atoms with van der Waals surface area (Å²) in [6, 6.07) is 7.75. The minimum Gasteiger partial charge on any atom is -0.493 e. The fourth-order valence-corrected chi connectivity index (χ4v) is 2.85. The van der Waals surface area contributed by atoms with Crippen molar-refractivity contribution in [3.05, 3.63) is 53.2 Å². The number of rotatable bonds is 7. The van der Waals surface area contributed by atoms with E-state index in [1.807, 2.05) is 0 Å². The average molecular weight is 381 g/mol. The zero-order valence-electron chi connectivity index (χ0n) is 13.5. The van der Waals surface area contributed by atoms with Crippen LogP contribution in [0.15, 0.2) is 46.4 Å². The number of ether oxygens (including phenoxy) is 3. The number of carbonyl (C=O) groups excluding carboxylic acids is 1. The van der Waals surface area contributed by atoms with Gasteiger partial charge in [0.05, 0.1) is 13.4 Å². The van der Waals surface area contributed by atoms with Gasteiger partial charge in [0.25, 0.3) is 0 Å². The summed E-state index contributed by atoms with van der Waals surface area (Å²) in [6.07, 6.45) is 1.52. The Morgan fingerprint density at radius 2 is 2.15 bits per heavy atom. The Balaban J connectivity index is 1.64. The van der Waals surface area contributed by atoms with Crippen LogP contribution in [0.25, 0.3) is 10.8 Å². The van der Waals surface area contributed by atoms with E-state index in [9.17, 15) is 13.6 Å². The summed E-state index contributed by atoms with van der Waals surface area (Å²) in [5, 5.41) is 2.14. The highest BCUT2D eigenvalue weighted by Gasteiger charge is 2.16. The van der Waals surface area contributed by atoms with Gasteiger partial charge in [-0.25, -0.2) is 9.78 Å². The number of thiazole rings is 1. The van der Waals surface area contributed by atoms with Gasteiger partial charge in [-0.1, -0.05) is 6.07 Å². The maximum absolute atomic E-state index is 12.3. The van der Waals surface area contributed by atoms with E-state index in [-0.39, 0.29) is 23.8 Å². The van der Waals surface area contributed by atoms with Gasteiger partial charge in [0.1, 0.15) is 6.61 Å². The Morgan fingerprint density at radius 3 is 2.85 bits per heavy atom. The molecule has 0 radical (unpaired) electrons. The number of halogens is 2. The highest BCUT2D eigenvalue weighted by Crippen LogP contribution is 2.30. The molecule has 2 heterocycles. The van der Waals surface area contributed by atoms with Crippen molar-refractivity contribution in [1.29, 1.82) is 0 Å². The average Bonchev–Trinajstić information content (AvgIpc) is 3.31. The Kier molecular flexibility index (Phi) is 5.47. The normalized spacial score (nSPS) is 10.8. The maximum atomic E-state index is 12.3. The molecule has 0 aliphatic carbocycles. The van der Waals surface area contributed by atoms with Gasteiger partial charge in [0.15, 0.2) is 28.0 Å². The summed E-state index contributed by atoms with van der Waals surface area (Å²) in [7, 11) is 1.33. The lowest BCUT2D eigenvalue weighted by atomic mass is 10.2. The zero-order valence-corrected chi connectivity index (χ0v) is 14.3. The summed E-state index contributed by atoms with van der Waals surface area (Å²) in [4.78, 5) is 16.3. The van der Waals surface area contributed by atoms with Gasteiger partial charge in [-0.05, 0) is 29.8 Å². The van der Waals surface area contributed by atoms with Gasteiger partial charge in [0.2, 0.25) is 0 Å². The first-order valence-corrected chi connectivity index (χ1v) is 8.23. The van der Waals surface area contributed by atoms with Gasteiger partial charge >= 0.3 is 12.6 Å². The van der Waals surface area contributed by atoms with Crippen molar-refractivity contribution in [3.8, 4) is 22.3 Å². The van der Waals surface area contributed by atoms with Crippen LogP contribution in [0.3, 0.4) is 0 Å². The molecule has 0 N–H and O–H groups in total. The summed E-state index contributed by atoms with van der Waals surface area (Å²) in [6.45, 7) is -3.03. The molecule has 0 fully saturated rings. The number of benzene rings is 1. The van der Waals surface area contributed by atoms with Crippen molar-refractivity contribution < 1.29 is 32.2 Å². The second kappa shape index (κ2) is 7.96. The molecule has 1 aromatic carbocycles. The van der Waals surface area contributed by atoms with Crippen LogP contribution in [0, 0.1) is 0 Å². The molecule has 136 valence electrons. The van der Waals surface area contributed by atoms with Crippen LogP contribution in [0.1, 0.15) is 16.1 Å². The first-order valence-electron chi connectivity index (χ1n) is 7.35. The van der Waals surface area contributed by atoms with Crippen molar-refractivity contribution >= 4 is 17.3 Å². The number of alkyl halides is 2. The molecular weight excluding hydrogens is 368 g/mol. The molecule has 9 heteroatoms. The molecule has 0 spiro atoms. The van der Waals surface area contributed by atoms with Crippen LogP contribution < -0.4 is 9.47 Å². The third-order valence-corrected chi connectivity index (χ3v) is 4.12. The van der Waals surface area contributed by atoms with Crippen molar-refractivity contribution in [2.75, 3.05) is 7.11 Å². The van der Waals surface area contributed by atoms with Crippen LogP contribution >= 0.6 is 11.3 Å². The Labute approximate surface area is 150 Å². The van der Waals surface area contributed by atoms with Gasteiger partial charge < -0.3 is 18.6 Å². The van der Waals surface area contributed by atoms with E-state index in [0.29, 0.717) is 16.3 Å². The summed E-state index contributed by atoms with van der Waals surface area (Å²) >= 11 is 1.26. The van der Waals surface area contributed by atoms with E-state index in [0.717, 1.165) is 0 Å². The Morgan fingerprint density at radius 1 is 1.31 bits per heavy atom. The van der Waals surface area contributed by atoms with Crippen LogP contribution in [0.2, 0.25) is 0 Å². The van der Waals surface area contributed by atoms with Gasteiger partial charge in [-0.3, -0.25) is 0 Å². The third kappa shape index (κ3) is 4.17. The van der Waals surface area contributed by atoms with Crippen molar-refractivity contribution in [3.63, 3.8) is 0 Å². The lowest BCUT2D eigenvalue weighted by Gasteiger charge is -2.11. The molecule has 0 saturated heterocycles. The van der Waals surface area contributed by atoms with E-state index in [4.69, 9.17) is 13.9 Å². The number of nitrogens with zero attached hydrogens (tertiary/aromatic N) is 1. The molecule has 26 heavy (non-hydrogen) atoms. The Bertz CT molecular complexity index is 879. The number of esters is 1. The fourth-order valence-electron chi connectivity index (χ4n) is 2.10. The predicted octanol–water partition coefficient (Wildman–Crippen LogP) is 4.37. The first kappa shape index (κ1) is 17.9. The lowest BCUT2D eigenvalue weighted by Crippen LogP contribution is -2.07. The maximum Gasteiger partial charge on any atom is 0.387 e. The molecule has 0 atom stereocenters. The van der Waals surface area contributed by atoms with Gasteiger partial charge in [0, 0.05) is 5.38 Å². The largest absolute Gasteiger partial charge is 0.493 e. The number of hydrogen-bond acceptors (Lipinski definition) is 7. The third-order valence-electron chi connectivity index (χ3n) is 3.26. The predicted molar refractivity (Wildman–Crippen MR) is 88.6 cm³/mol. The molecule has 0 aliphatic heterocycles. The topological polar surface area (TPSA) is 70.8 Å². The molecule has 6 nitrogen and oxygen atoms in total. The second-order valence-corrected chi connectivity index (χ2v) is 5.81. The van der Waals surface area contributed by atoms with Gasteiger partial charge in [-0.15, -0.1) is 11.3 Å². The standard InChI is InChI=1S/C17H13F2NO5S/c1-22-14-7-10(4-5-12(14)25-17(18)19)8-24-16(21)11-9-26-15(20-11)13-3-2-6-23-13/h2-7,9,17H,8H2,1H3. The van der Waals surface area contributed by atoms with Crippen LogP contribution in [0.4, 0.5) is 8.78 Å². The summed E-state index contributed by atoms with van der Waals surface area (Å²) in [5.74, 6) is -0.0212. The molecule has 0 bridgehead atoms. The van der Waals surface area contributed by atoms with Crippen molar-refractivity contribution in [2.45, 2.75) is 13.2 Å². The summed E-state index contributed by atoms with van der Waals surface area (Å²) in [5.41, 5.74) is 0.712. The van der Waals surface area contributed by atoms with E-state index < -0.39 is 12.6 Å². The molecule has 0 amide bonds. The van der Waals surface area contributed by atoms with Crippen LogP contribution in [-0.4, -0.2) is 24.7 Å². The minimum absolute atomic E-state index is 0.0717. The molecule has 3 rings (SSSR count). The van der Waals surface area contributed by atoms with E-state index in [2.05, 4.69) is 9.72 Å². The number of furan rings is 1. The second-order valence-electron chi connectivity index (χ2n) is 4.96. The highest BCUT2D eigenvalue weighted by molar-refractivity contribution is 7.13. The molecule has 0 unspecified atom stereocenters. The van der Waals surface area contributed by atoms with E-state index >= 15 is 0 Å². The molecule has 0 aliphatic rings. The molecule has 0 saturated carbocycles. The van der Waals surface area contributed by atoms with E-state index in [1.165, 1.54) is 42.9 Å². The molecule has 2 aromatic heterocycles. The quantitative estimate of drug-likeness (QED) is 0.566. The number of aromatic nitrogens is 1. The smallest absolute Gasteiger partial charge is 0.387 e. The Hall–Kier alpha value is -2.94. The van der Waals surface area contributed by atoms with Gasteiger partial charge in [-0.2, -0.15) is 8.78 Å². The van der Waals surface area contributed by atoms with Crippen LogP contribution in [0.5, 0.6) is 11.5 Å². The summed E-state index contributed by atoms with van der Waals surface area (Å²) < 4.78 is 44.4. The number of hydrogen-bond donors (Lipinski definition) is 0. The van der Waals surface area contributed by atoms with Crippen LogP contribution in [-0.2, 0) is 11.3 Å². The van der Waals surface area contributed by atoms with Crippen molar-refractivity contribution in [1.82, 2.24) is 4.98 Å². The SMILES string of the molecule is COc1cc(COC(=O)c2csc(-c3ccco3)n2)ccc1OC(F)F. The monoisotopic (exact) mass is 381 g/mol. The minimum atomic E-state index is -2.96. The fraction of sp³-hybridized carbons (Fsp3) is 0.176.